The lowest BCUT2D eigenvalue weighted by atomic mass is 9.87. The third-order valence-corrected chi connectivity index (χ3v) is 5.51. The summed E-state index contributed by atoms with van der Waals surface area (Å²) in [6.07, 6.45) is 3.03. The number of carbonyl (C=O) groups is 2. The fourth-order valence-corrected chi connectivity index (χ4v) is 4.08. The van der Waals surface area contributed by atoms with Gasteiger partial charge in [-0.1, -0.05) is 31.2 Å². The first-order chi connectivity index (χ1) is 13.5. The molecule has 2 aromatic carbocycles. The van der Waals surface area contributed by atoms with Crippen LogP contribution in [-0.2, 0) is 16.0 Å². The number of fused-ring (bicyclic) bond motifs is 1. The van der Waals surface area contributed by atoms with Gasteiger partial charge in [-0.2, -0.15) is 0 Å². The van der Waals surface area contributed by atoms with E-state index in [-0.39, 0.29) is 35.7 Å². The summed E-state index contributed by atoms with van der Waals surface area (Å²) < 4.78 is 0. The summed E-state index contributed by atoms with van der Waals surface area (Å²) in [7, 11) is 0. The zero-order chi connectivity index (χ0) is 19.8. The van der Waals surface area contributed by atoms with Crippen molar-refractivity contribution >= 4 is 28.9 Å². The summed E-state index contributed by atoms with van der Waals surface area (Å²) in [6, 6.07) is 12.6. The molecule has 2 aromatic rings. The van der Waals surface area contributed by atoms with Gasteiger partial charge in [-0.15, -0.1) is 0 Å². The molecule has 1 saturated heterocycles. The van der Waals surface area contributed by atoms with Crippen molar-refractivity contribution in [1.29, 1.82) is 0 Å². The molecule has 2 aliphatic rings. The van der Waals surface area contributed by atoms with Crippen molar-refractivity contribution in [3.8, 4) is 0 Å². The number of rotatable bonds is 4. The maximum Gasteiger partial charge on any atom is 0.294 e. The van der Waals surface area contributed by atoms with Crippen LogP contribution < -0.4 is 10.2 Å². The van der Waals surface area contributed by atoms with E-state index in [9.17, 15) is 19.7 Å². The van der Waals surface area contributed by atoms with Gasteiger partial charge < -0.3 is 5.32 Å². The van der Waals surface area contributed by atoms with Gasteiger partial charge in [-0.05, 0) is 42.5 Å². The van der Waals surface area contributed by atoms with E-state index >= 15 is 0 Å². The van der Waals surface area contributed by atoms with Crippen molar-refractivity contribution in [3.05, 3.63) is 63.7 Å². The molecule has 28 heavy (non-hydrogen) atoms. The van der Waals surface area contributed by atoms with Crippen molar-refractivity contribution in [2.45, 2.75) is 38.6 Å². The van der Waals surface area contributed by atoms with Gasteiger partial charge >= 0.3 is 0 Å². The van der Waals surface area contributed by atoms with Crippen LogP contribution in [0.2, 0.25) is 0 Å². The summed E-state index contributed by atoms with van der Waals surface area (Å²) in [6.45, 7) is 1.69. The molecule has 4 rings (SSSR count). The fraction of sp³-hybridized carbons (Fsp3) is 0.333. The van der Waals surface area contributed by atoms with E-state index in [1.165, 1.54) is 11.6 Å². The molecule has 1 aliphatic heterocycles. The summed E-state index contributed by atoms with van der Waals surface area (Å²) in [5, 5.41) is 15.0. The standard InChI is InChI=1S/C21H21N3O4/c1-13-11-20(25)23(21(13)26)15-9-10-18(19(12-15)24(27)28)22-17-8-4-6-14-5-2-3-7-16(14)17/h2-3,5,7,9-10,12-13,17,22H,4,6,8,11H2,1H3/t13-,17-/m1/s1. The molecule has 2 atom stereocenters. The van der Waals surface area contributed by atoms with E-state index in [4.69, 9.17) is 0 Å². The smallest absolute Gasteiger partial charge is 0.294 e. The Morgan fingerprint density at radius 3 is 2.68 bits per heavy atom. The quantitative estimate of drug-likeness (QED) is 0.493. The molecule has 0 bridgehead atoms. The fourth-order valence-electron chi connectivity index (χ4n) is 4.08. The van der Waals surface area contributed by atoms with E-state index in [1.807, 2.05) is 12.1 Å². The van der Waals surface area contributed by atoms with Gasteiger partial charge in [0.2, 0.25) is 11.8 Å². The highest BCUT2D eigenvalue weighted by atomic mass is 16.6. The van der Waals surface area contributed by atoms with Gasteiger partial charge in [-0.25, -0.2) is 0 Å². The minimum atomic E-state index is -0.477. The number of benzene rings is 2. The molecule has 0 aromatic heterocycles. The van der Waals surface area contributed by atoms with Crippen LogP contribution in [0.1, 0.15) is 43.4 Å². The Kier molecular flexibility index (Phi) is 4.58. The van der Waals surface area contributed by atoms with Crippen LogP contribution in [0.25, 0.3) is 0 Å². The Hall–Kier alpha value is -3.22. The number of anilines is 2. The third-order valence-electron chi connectivity index (χ3n) is 5.51. The van der Waals surface area contributed by atoms with Gasteiger partial charge in [0.15, 0.2) is 0 Å². The average molecular weight is 379 g/mol. The molecule has 2 amide bonds. The SMILES string of the molecule is C[C@@H]1CC(=O)N(c2ccc(N[C@@H]3CCCc4ccccc43)c([N+](=O)[O-])c2)C1=O. The Morgan fingerprint density at radius 1 is 1.18 bits per heavy atom. The second-order valence-electron chi connectivity index (χ2n) is 7.42. The molecular weight excluding hydrogens is 358 g/mol. The molecule has 1 fully saturated rings. The Bertz CT molecular complexity index is 972. The monoisotopic (exact) mass is 379 g/mol. The van der Waals surface area contributed by atoms with Crippen LogP contribution in [0.3, 0.4) is 0 Å². The van der Waals surface area contributed by atoms with E-state index in [2.05, 4.69) is 17.4 Å². The first kappa shape index (κ1) is 18.2. The van der Waals surface area contributed by atoms with Crippen molar-refractivity contribution in [1.82, 2.24) is 0 Å². The number of nitro benzene ring substituents is 1. The summed E-state index contributed by atoms with van der Waals surface area (Å²) >= 11 is 0. The van der Waals surface area contributed by atoms with Crippen LogP contribution >= 0.6 is 0 Å². The Balaban J connectivity index is 1.67. The van der Waals surface area contributed by atoms with Gasteiger partial charge in [0.25, 0.3) is 5.69 Å². The molecule has 0 radical (unpaired) electrons. The summed E-state index contributed by atoms with van der Waals surface area (Å²) in [5.41, 5.74) is 2.92. The average Bonchev–Trinajstić information content (AvgIpc) is 2.94. The number of amides is 2. The molecule has 1 heterocycles. The number of imide groups is 1. The molecular formula is C21H21N3O4. The molecule has 144 valence electrons. The predicted molar refractivity (Wildman–Crippen MR) is 105 cm³/mol. The molecule has 1 N–H and O–H groups in total. The minimum absolute atomic E-state index is 0.00965. The predicted octanol–water partition coefficient (Wildman–Crippen LogP) is 3.98. The number of nitrogens with one attached hydrogen (secondary N) is 1. The second kappa shape index (κ2) is 7.07. The third kappa shape index (κ3) is 3.13. The van der Waals surface area contributed by atoms with Crippen LogP contribution in [0.4, 0.5) is 17.1 Å². The minimum Gasteiger partial charge on any atom is -0.373 e. The molecule has 7 heteroatoms. The second-order valence-corrected chi connectivity index (χ2v) is 7.42. The number of aryl methyl sites for hydroxylation is 1. The van der Waals surface area contributed by atoms with Crippen molar-refractivity contribution in [2.24, 2.45) is 5.92 Å². The van der Waals surface area contributed by atoms with Gasteiger partial charge in [-0.3, -0.25) is 24.6 Å². The van der Waals surface area contributed by atoms with Gasteiger partial charge in [0, 0.05) is 18.4 Å². The molecule has 7 nitrogen and oxygen atoms in total. The van der Waals surface area contributed by atoms with Crippen LogP contribution in [0.5, 0.6) is 0 Å². The lowest BCUT2D eigenvalue weighted by molar-refractivity contribution is -0.383. The number of nitrogens with zero attached hydrogens (tertiary/aromatic N) is 2. The van der Waals surface area contributed by atoms with Crippen LogP contribution in [0.15, 0.2) is 42.5 Å². The van der Waals surface area contributed by atoms with Gasteiger partial charge in [0.1, 0.15) is 5.69 Å². The zero-order valence-electron chi connectivity index (χ0n) is 15.6. The van der Waals surface area contributed by atoms with Gasteiger partial charge in [0.05, 0.1) is 16.7 Å². The van der Waals surface area contributed by atoms with Crippen molar-refractivity contribution in [2.75, 3.05) is 10.2 Å². The largest absolute Gasteiger partial charge is 0.373 e. The maximum atomic E-state index is 12.3. The van der Waals surface area contributed by atoms with Crippen LogP contribution in [-0.4, -0.2) is 16.7 Å². The van der Waals surface area contributed by atoms with Crippen LogP contribution in [0, 0.1) is 16.0 Å². The lowest BCUT2D eigenvalue weighted by Crippen LogP contribution is -2.30. The maximum absolute atomic E-state index is 12.3. The number of hydrogen-bond donors (Lipinski definition) is 1. The Morgan fingerprint density at radius 2 is 1.96 bits per heavy atom. The first-order valence-corrected chi connectivity index (χ1v) is 9.45. The van der Waals surface area contributed by atoms with Crippen molar-refractivity contribution < 1.29 is 14.5 Å². The molecule has 0 spiro atoms. The molecule has 0 unspecified atom stereocenters. The van der Waals surface area contributed by atoms with E-state index in [1.54, 1.807) is 19.1 Å². The molecule has 0 saturated carbocycles. The number of carbonyl (C=O) groups excluding carboxylic acids is 2. The highest BCUT2D eigenvalue weighted by Crippen LogP contribution is 2.38. The Labute approximate surface area is 162 Å². The van der Waals surface area contributed by atoms with E-state index in [0.29, 0.717) is 5.69 Å². The number of hydrogen-bond acceptors (Lipinski definition) is 5. The first-order valence-electron chi connectivity index (χ1n) is 9.45. The van der Waals surface area contributed by atoms with Crippen molar-refractivity contribution in [3.63, 3.8) is 0 Å². The highest BCUT2D eigenvalue weighted by Gasteiger charge is 2.37. The normalized spacial score (nSPS) is 21.5. The summed E-state index contributed by atoms with van der Waals surface area (Å²) in [5.74, 6) is -1.04. The van der Waals surface area contributed by atoms with E-state index < -0.39 is 10.8 Å². The lowest BCUT2D eigenvalue weighted by Gasteiger charge is -2.27. The zero-order valence-corrected chi connectivity index (χ0v) is 15.6. The highest BCUT2D eigenvalue weighted by molar-refractivity contribution is 6.21. The topological polar surface area (TPSA) is 92.6 Å². The van der Waals surface area contributed by atoms with E-state index in [0.717, 1.165) is 29.7 Å². The number of nitro groups is 1. The molecule has 1 aliphatic carbocycles. The summed E-state index contributed by atoms with van der Waals surface area (Å²) in [4.78, 5) is 36.6.